The lowest BCUT2D eigenvalue weighted by Crippen LogP contribution is -2.50. The molecule has 2 N–H and O–H groups in total. The third-order valence-corrected chi connectivity index (χ3v) is 4.18. The zero-order chi connectivity index (χ0) is 12.2. The van der Waals surface area contributed by atoms with E-state index in [0.717, 1.165) is 0 Å². The molecule has 2 aliphatic rings. The van der Waals surface area contributed by atoms with Crippen LogP contribution in [0.15, 0.2) is 0 Å². The highest BCUT2D eigenvalue weighted by molar-refractivity contribution is 6.10. The number of nitrogens with zero attached hydrogens (tertiary/aromatic N) is 1. The number of imide groups is 1. The van der Waals surface area contributed by atoms with Gasteiger partial charge < -0.3 is 5.73 Å². The predicted molar refractivity (Wildman–Crippen MR) is 60.3 cm³/mol. The first-order chi connectivity index (χ1) is 7.34. The highest BCUT2D eigenvalue weighted by Gasteiger charge is 2.73. The SMILES string of the molecule is CC(C)C(CN)N1C(=O)C2C(C1=O)C2(C)C. The van der Waals surface area contributed by atoms with Gasteiger partial charge in [-0.05, 0) is 11.3 Å². The van der Waals surface area contributed by atoms with Crippen molar-refractivity contribution in [3.63, 3.8) is 0 Å². The van der Waals surface area contributed by atoms with E-state index in [-0.39, 0.29) is 41.0 Å². The van der Waals surface area contributed by atoms with Crippen molar-refractivity contribution >= 4 is 11.8 Å². The van der Waals surface area contributed by atoms with Gasteiger partial charge in [-0.1, -0.05) is 27.7 Å². The summed E-state index contributed by atoms with van der Waals surface area (Å²) in [5, 5.41) is 0. The predicted octanol–water partition coefficient (Wildman–Crippen LogP) is 0.611. The Kier molecular flexibility index (Phi) is 2.38. The number of hydrogen-bond donors (Lipinski definition) is 1. The van der Waals surface area contributed by atoms with Crippen LogP contribution in [0.1, 0.15) is 27.7 Å². The molecule has 0 aromatic rings. The first kappa shape index (κ1) is 11.6. The van der Waals surface area contributed by atoms with E-state index in [9.17, 15) is 9.59 Å². The fraction of sp³-hybridized carbons (Fsp3) is 0.833. The number of fused-ring (bicyclic) bond motifs is 1. The molecule has 90 valence electrons. The molecule has 0 bridgehead atoms. The van der Waals surface area contributed by atoms with E-state index in [4.69, 9.17) is 5.73 Å². The fourth-order valence-electron chi connectivity index (χ4n) is 2.97. The third-order valence-electron chi connectivity index (χ3n) is 4.18. The zero-order valence-corrected chi connectivity index (χ0v) is 10.4. The van der Waals surface area contributed by atoms with Gasteiger partial charge in [0.15, 0.2) is 0 Å². The minimum atomic E-state index is -0.136. The van der Waals surface area contributed by atoms with Gasteiger partial charge in [-0.2, -0.15) is 0 Å². The fourth-order valence-corrected chi connectivity index (χ4v) is 2.97. The number of carbonyl (C=O) groups excluding carboxylic acids is 2. The normalized spacial score (nSPS) is 33.2. The topological polar surface area (TPSA) is 63.4 Å². The Morgan fingerprint density at radius 2 is 1.69 bits per heavy atom. The van der Waals surface area contributed by atoms with Crippen molar-refractivity contribution in [3.05, 3.63) is 0 Å². The maximum absolute atomic E-state index is 12.1. The van der Waals surface area contributed by atoms with Gasteiger partial charge in [-0.25, -0.2) is 0 Å². The quantitative estimate of drug-likeness (QED) is 0.714. The summed E-state index contributed by atoms with van der Waals surface area (Å²) in [6.07, 6.45) is 0. The minimum absolute atomic E-state index is 0.0100. The molecule has 0 aromatic heterocycles. The Balaban J connectivity index is 2.22. The molecule has 4 nitrogen and oxygen atoms in total. The van der Waals surface area contributed by atoms with E-state index in [1.54, 1.807) is 0 Å². The van der Waals surface area contributed by atoms with Crippen LogP contribution in [0.2, 0.25) is 0 Å². The molecule has 2 rings (SSSR count). The van der Waals surface area contributed by atoms with Gasteiger partial charge in [-0.15, -0.1) is 0 Å². The minimum Gasteiger partial charge on any atom is -0.328 e. The highest BCUT2D eigenvalue weighted by Crippen LogP contribution is 2.63. The van der Waals surface area contributed by atoms with Crippen LogP contribution in [0.3, 0.4) is 0 Å². The third kappa shape index (κ3) is 1.25. The molecule has 1 saturated carbocycles. The van der Waals surface area contributed by atoms with Crippen molar-refractivity contribution in [2.45, 2.75) is 33.7 Å². The van der Waals surface area contributed by atoms with E-state index in [1.165, 1.54) is 4.90 Å². The van der Waals surface area contributed by atoms with Crippen molar-refractivity contribution in [1.29, 1.82) is 0 Å². The van der Waals surface area contributed by atoms with Crippen LogP contribution < -0.4 is 5.73 Å². The standard InChI is InChI=1S/C12H20N2O2/c1-6(2)7(5-13)14-10(15)8-9(11(14)16)12(8,3)4/h6-9H,5,13H2,1-4H3. The molecule has 3 atom stereocenters. The summed E-state index contributed by atoms with van der Waals surface area (Å²) in [4.78, 5) is 25.7. The molecular formula is C12H20N2O2. The molecule has 1 aliphatic carbocycles. The maximum atomic E-state index is 12.1. The molecule has 2 fully saturated rings. The van der Waals surface area contributed by atoms with Crippen molar-refractivity contribution in [2.75, 3.05) is 6.54 Å². The van der Waals surface area contributed by atoms with Crippen LogP contribution in [-0.2, 0) is 9.59 Å². The molecule has 1 heterocycles. The van der Waals surface area contributed by atoms with Crippen LogP contribution in [0, 0.1) is 23.2 Å². The Bertz CT molecular complexity index is 325. The largest absolute Gasteiger partial charge is 0.328 e. The molecular weight excluding hydrogens is 204 g/mol. The molecule has 16 heavy (non-hydrogen) atoms. The van der Waals surface area contributed by atoms with Crippen molar-refractivity contribution in [1.82, 2.24) is 4.90 Å². The Morgan fingerprint density at radius 3 is 2.00 bits per heavy atom. The number of amides is 2. The van der Waals surface area contributed by atoms with Gasteiger partial charge in [0.05, 0.1) is 17.9 Å². The van der Waals surface area contributed by atoms with Crippen molar-refractivity contribution in [3.8, 4) is 0 Å². The van der Waals surface area contributed by atoms with Crippen LogP contribution in [0.5, 0.6) is 0 Å². The van der Waals surface area contributed by atoms with Crippen molar-refractivity contribution < 1.29 is 9.59 Å². The number of piperidine rings is 1. The Hall–Kier alpha value is -0.900. The molecule has 0 aromatic carbocycles. The number of likely N-dealkylation sites (tertiary alicyclic amines) is 1. The average molecular weight is 224 g/mol. The molecule has 1 aliphatic heterocycles. The highest BCUT2D eigenvalue weighted by atomic mass is 16.2. The second kappa shape index (κ2) is 3.29. The van der Waals surface area contributed by atoms with E-state index < -0.39 is 0 Å². The van der Waals surface area contributed by atoms with Crippen LogP contribution in [0.25, 0.3) is 0 Å². The van der Waals surface area contributed by atoms with Crippen molar-refractivity contribution in [2.24, 2.45) is 28.9 Å². The molecule has 2 amide bonds. The summed E-state index contributed by atoms with van der Waals surface area (Å²) in [6, 6.07) is -0.136. The van der Waals surface area contributed by atoms with Crippen LogP contribution in [-0.4, -0.2) is 29.3 Å². The summed E-state index contributed by atoms with van der Waals surface area (Å²) >= 11 is 0. The lowest BCUT2D eigenvalue weighted by Gasteiger charge is -2.31. The van der Waals surface area contributed by atoms with Gasteiger partial charge in [0.2, 0.25) is 11.8 Å². The smallest absolute Gasteiger partial charge is 0.233 e. The summed E-state index contributed by atoms with van der Waals surface area (Å²) in [7, 11) is 0. The van der Waals surface area contributed by atoms with E-state index in [2.05, 4.69) is 0 Å². The first-order valence-electron chi connectivity index (χ1n) is 5.91. The maximum Gasteiger partial charge on any atom is 0.233 e. The summed E-state index contributed by atoms with van der Waals surface area (Å²) in [5.74, 6) is 0.0208. The lowest BCUT2D eigenvalue weighted by atomic mass is 9.99. The van der Waals surface area contributed by atoms with Crippen LogP contribution >= 0.6 is 0 Å². The second-order valence-corrected chi connectivity index (χ2v) is 5.87. The zero-order valence-electron chi connectivity index (χ0n) is 10.4. The number of rotatable bonds is 3. The van der Waals surface area contributed by atoms with E-state index in [0.29, 0.717) is 6.54 Å². The molecule has 4 heteroatoms. The molecule has 0 radical (unpaired) electrons. The van der Waals surface area contributed by atoms with Gasteiger partial charge in [0.1, 0.15) is 0 Å². The average Bonchev–Trinajstić information content (AvgIpc) is 2.63. The number of hydrogen-bond acceptors (Lipinski definition) is 3. The summed E-state index contributed by atoms with van der Waals surface area (Å²) in [5.41, 5.74) is 5.54. The van der Waals surface area contributed by atoms with Gasteiger partial charge >= 0.3 is 0 Å². The summed E-state index contributed by atoms with van der Waals surface area (Å²) in [6.45, 7) is 8.32. The first-order valence-corrected chi connectivity index (χ1v) is 5.91. The number of nitrogens with two attached hydrogens (primary N) is 1. The summed E-state index contributed by atoms with van der Waals surface area (Å²) < 4.78 is 0. The lowest BCUT2D eigenvalue weighted by molar-refractivity contribution is -0.146. The van der Waals surface area contributed by atoms with E-state index in [1.807, 2.05) is 27.7 Å². The molecule has 3 unspecified atom stereocenters. The van der Waals surface area contributed by atoms with Gasteiger partial charge in [-0.3, -0.25) is 14.5 Å². The van der Waals surface area contributed by atoms with Crippen LogP contribution in [0.4, 0.5) is 0 Å². The molecule has 1 saturated heterocycles. The second-order valence-electron chi connectivity index (χ2n) is 5.87. The van der Waals surface area contributed by atoms with Gasteiger partial charge in [0.25, 0.3) is 0 Å². The van der Waals surface area contributed by atoms with Gasteiger partial charge in [0, 0.05) is 6.54 Å². The monoisotopic (exact) mass is 224 g/mol. The molecule has 0 spiro atoms. The number of carbonyl (C=O) groups is 2. The Labute approximate surface area is 96.2 Å². The van der Waals surface area contributed by atoms with E-state index >= 15 is 0 Å². The Morgan fingerprint density at radius 1 is 1.25 bits per heavy atom.